The smallest absolute Gasteiger partial charge is 0.239 e. The summed E-state index contributed by atoms with van der Waals surface area (Å²) in [4.78, 5) is 11.7. The van der Waals surface area contributed by atoms with Crippen molar-refractivity contribution in [3.63, 3.8) is 0 Å². The quantitative estimate of drug-likeness (QED) is 0.874. The molecule has 1 aromatic carbocycles. The Labute approximate surface area is 115 Å². The fourth-order valence-corrected chi connectivity index (χ4v) is 2.85. The lowest BCUT2D eigenvalue weighted by atomic mass is 9.95. The summed E-state index contributed by atoms with van der Waals surface area (Å²) in [6.07, 6.45) is 8.77. The summed E-state index contributed by atoms with van der Waals surface area (Å²) in [5, 5.41) is 3.46. The van der Waals surface area contributed by atoms with Gasteiger partial charge >= 0.3 is 0 Å². The summed E-state index contributed by atoms with van der Waals surface area (Å²) in [6, 6.07) is 9.84. The second-order valence-corrected chi connectivity index (χ2v) is 5.45. The minimum Gasteiger partial charge on any atom is -0.368 e. The van der Waals surface area contributed by atoms with Crippen LogP contribution in [0.15, 0.2) is 30.3 Å². The molecule has 0 heterocycles. The van der Waals surface area contributed by atoms with E-state index >= 15 is 0 Å². The van der Waals surface area contributed by atoms with Gasteiger partial charge in [-0.05, 0) is 18.4 Å². The number of hydrogen-bond donors (Lipinski definition) is 2. The first-order chi connectivity index (χ1) is 9.27. The van der Waals surface area contributed by atoms with Gasteiger partial charge in [-0.15, -0.1) is 0 Å². The van der Waals surface area contributed by atoms with Crippen LogP contribution in [0.3, 0.4) is 0 Å². The monoisotopic (exact) mass is 260 g/mol. The highest BCUT2D eigenvalue weighted by molar-refractivity contribution is 5.81. The minimum absolute atomic E-state index is 0.284. The summed E-state index contributed by atoms with van der Waals surface area (Å²) in [7, 11) is 0. The molecule has 104 valence electrons. The second kappa shape index (κ2) is 7.29. The first-order valence-electron chi connectivity index (χ1n) is 7.37. The fourth-order valence-electron chi connectivity index (χ4n) is 2.85. The first-order valence-corrected chi connectivity index (χ1v) is 7.37. The standard InChI is InChI=1S/C16H24N2O/c17-16(19)15(13-9-5-4-6-10-13)18-14-11-7-2-1-3-8-12-14/h4-6,9-10,14-15,18H,1-3,7-8,11-12H2,(H2,17,19)/t15-/m0/s1. The third-order valence-electron chi connectivity index (χ3n) is 3.92. The Bertz CT molecular complexity index is 383. The molecule has 0 radical (unpaired) electrons. The van der Waals surface area contributed by atoms with Crippen LogP contribution in [0.4, 0.5) is 0 Å². The lowest BCUT2D eigenvalue weighted by Gasteiger charge is -2.25. The van der Waals surface area contributed by atoms with Crippen molar-refractivity contribution in [3.8, 4) is 0 Å². The lowest BCUT2D eigenvalue weighted by molar-refractivity contribution is -0.120. The molecule has 1 aliphatic carbocycles. The molecule has 19 heavy (non-hydrogen) atoms. The average Bonchev–Trinajstić information content (AvgIpc) is 2.38. The Balaban J connectivity index is 2.01. The van der Waals surface area contributed by atoms with Crippen molar-refractivity contribution in [1.82, 2.24) is 5.32 Å². The zero-order valence-corrected chi connectivity index (χ0v) is 11.5. The number of amides is 1. The van der Waals surface area contributed by atoms with Gasteiger partial charge in [0, 0.05) is 6.04 Å². The Morgan fingerprint density at radius 3 is 2.21 bits per heavy atom. The van der Waals surface area contributed by atoms with Crippen LogP contribution in [-0.4, -0.2) is 11.9 Å². The van der Waals surface area contributed by atoms with E-state index in [1.165, 1.54) is 32.1 Å². The predicted molar refractivity (Wildman–Crippen MR) is 77.6 cm³/mol. The van der Waals surface area contributed by atoms with Crippen molar-refractivity contribution < 1.29 is 4.79 Å². The molecular weight excluding hydrogens is 236 g/mol. The number of benzene rings is 1. The van der Waals surface area contributed by atoms with E-state index in [-0.39, 0.29) is 11.9 Å². The van der Waals surface area contributed by atoms with Gasteiger partial charge in [0.25, 0.3) is 0 Å². The molecule has 3 nitrogen and oxygen atoms in total. The molecule has 0 aliphatic heterocycles. The van der Waals surface area contributed by atoms with Crippen molar-refractivity contribution in [2.45, 2.75) is 57.0 Å². The Kier molecular flexibility index (Phi) is 5.40. The number of carbonyl (C=O) groups excluding carboxylic acids is 1. The van der Waals surface area contributed by atoms with Gasteiger partial charge in [-0.2, -0.15) is 0 Å². The van der Waals surface area contributed by atoms with Gasteiger partial charge in [0.1, 0.15) is 6.04 Å². The van der Waals surface area contributed by atoms with E-state index in [9.17, 15) is 4.79 Å². The second-order valence-electron chi connectivity index (χ2n) is 5.45. The highest BCUT2D eigenvalue weighted by Gasteiger charge is 2.21. The normalized spacial score (nSPS) is 19.4. The van der Waals surface area contributed by atoms with Crippen LogP contribution >= 0.6 is 0 Å². The molecule has 0 saturated heterocycles. The highest BCUT2D eigenvalue weighted by Crippen LogP contribution is 2.20. The van der Waals surface area contributed by atoms with Crippen LogP contribution in [0.25, 0.3) is 0 Å². The molecule has 1 amide bonds. The van der Waals surface area contributed by atoms with Crippen LogP contribution in [0.2, 0.25) is 0 Å². The van der Waals surface area contributed by atoms with Gasteiger partial charge < -0.3 is 5.73 Å². The molecule has 1 saturated carbocycles. The summed E-state index contributed by atoms with van der Waals surface area (Å²) in [6.45, 7) is 0. The van der Waals surface area contributed by atoms with Crippen LogP contribution < -0.4 is 11.1 Å². The van der Waals surface area contributed by atoms with Gasteiger partial charge in [-0.1, -0.05) is 62.4 Å². The molecule has 1 aromatic rings. The third kappa shape index (κ3) is 4.35. The molecule has 0 spiro atoms. The largest absolute Gasteiger partial charge is 0.368 e. The van der Waals surface area contributed by atoms with Crippen LogP contribution in [-0.2, 0) is 4.79 Å². The first kappa shape index (κ1) is 14.1. The number of carbonyl (C=O) groups is 1. The van der Waals surface area contributed by atoms with Gasteiger partial charge in [0.2, 0.25) is 5.91 Å². The Hall–Kier alpha value is -1.35. The molecule has 3 heteroatoms. The van der Waals surface area contributed by atoms with E-state index < -0.39 is 0 Å². The molecular formula is C16H24N2O. The van der Waals surface area contributed by atoms with Gasteiger partial charge in [0.05, 0.1) is 0 Å². The predicted octanol–water partition coefficient (Wildman–Crippen LogP) is 2.92. The molecule has 0 bridgehead atoms. The van der Waals surface area contributed by atoms with Crippen LogP contribution in [0.5, 0.6) is 0 Å². The van der Waals surface area contributed by atoms with Crippen molar-refractivity contribution in [1.29, 1.82) is 0 Å². The third-order valence-corrected chi connectivity index (χ3v) is 3.92. The van der Waals surface area contributed by atoms with Crippen LogP contribution in [0.1, 0.15) is 56.6 Å². The Morgan fingerprint density at radius 1 is 1.05 bits per heavy atom. The number of hydrogen-bond acceptors (Lipinski definition) is 2. The summed E-state index contributed by atoms with van der Waals surface area (Å²) < 4.78 is 0. The molecule has 1 aliphatic rings. The molecule has 1 atom stereocenters. The number of nitrogens with one attached hydrogen (secondary N) is 1. The number of nitrogens with two attached hydrogens (primary N) is 1. The summed E-state index contributed by atoms with van der Waals surface area (Å²) in [5.74, 6) is -0.284. The van der Waals surface area contributed by atoms with Crippen LogP contribution in [0, 0.1) is 0 Å². The van der Waals surface area contributed by atoms with Crippen molar-refractivity contribution in [3.05, 3.63) is 35.9 Å². The maximum absolute atomic E-state index is 11.7. The zero-order valence-electron chi connectivity index (χ0n) is 11.5. The van der Waals surface area contributed by atoms with Crippen molar-refractivity contribution in [2.24, 2.45) is 5.73 Å². The maximum atomic E-state index is 11.7. The lowest BCUT2D eigenvalue weighted by Crippen LogP contribution is -2.40. The van der Waals surface area contributed by atoms with E-state index in [4.69, 9.17) is 5.73 Å². The Morgan fingerprint density at radius 2 is 1.63 bits per heavy atom. The SMILES string of the molecule is NC(=O)[C@@H](NC1CCCCCCC1)c1ccccc1. The minimum atomic E-state index is -0.356. The fraction of sp³-hybridized carbons (Fsp3) is 0.562. The van der Waals surface area contributed by atoms with Crippen molar-refractivity contribution in [2.75, 3.05) is 0 Å². The average molecular weight is 260 g/mol. The molecule has 1 fully saturated rings. The zero-order chi connectivity index (χ0) is 13.5. The summed E-state index contributed by atoms with van der Waals surface area (Å²) in [5.41, 5.74) is 6.52. The van der Waals surface area contributed by atoms with Gasteiger partial charge in [-0.3, -0.25) is 10.1 Å². The van der Waals surface area contributed by atoms with Crippen molar-refractivity contribution >= 4 is 5.91 Å². The van der Waals surface area contributed by atoms with E-state index in [0.717, 1.165) is 18.4 Å². The van der Waals surface area contributed by atoms with E-state index in [0.29, 0.717) is 6.04 Å². The van der Waals surface area contributed by atoms with E-state index in [1.807, 2.05) is 30.3 Å². The number of primary amides is 1. The molecule has 3 N–H and O–H groups in total. The molecule has 2 rings (SSSR count). The number of rotatable bonds is 4. The van der Waals surface area contributed by atoms with Gasteiger partial charge in [-0.25, -0.2) is 0 Å². The molecule has 0 unspecified atom stereocenters. The van der Waals surface area contributed by atoms with E-state index in [1.54, 1.807) is 0 Å². The summed E-state index contributed by atoms with van der Waals surface area (Å²) >= 11 is 0. The molecule has 0 aromatic heterocycles. The van der Waals surface area contributed by atoms with E-state index in [2.05, 4.69) is 5.32 Å². The maximum Gasteiger partial charge on any atom is 0.239 e. The highest BCUT2D eigenvalue weighted by atomic mass is 16.1. The topological polar surface area (TPSA) is 55.1 Å². The van der Waals surface area contributed by atoms with Gasteiger partial charge in [0.15, 0.2) is 0 Å².